The first-order chi connectivity index (χ1) is 12.5. The highest BCUT2D eigenvalue weighted by Gasteiger charge is 2.13. The van der Waals surface area contributed by atoms with Crippen LogP contribution in [-0.2, 0) is 11.2 Å². The van der Waals surface area contributed by atoms with Gasteiger partial charge in [-0.3, -0.25) is 9.59 Å². The summed E-state index contributed by atoms with van der Waals surface area (Å²) in [5.41, 5.74) is 1.65. The van der Waals surface area contributed by atoms with Crippen LogP contribution in [0.15, 0.2) is 48.5 Å². The van der Waals surface area contributed by atoms with Gasteiger partial charge in [0.15, 0.2) is 5.78 Å². The van der Waals surface area contributed by atoms with E-state index in [2.05, 4.69) is 0 Å². The Bertz CT molecular complexity index is 740. The molecule has 0 aromatic heterocycles. The van der Waals surface area contributed by atoms with Gasteiger partial charge in [0.1, 0.15) is 11.5 Å². The minimum absolute atomic E-state index is 0.0400. The zero-order valence-corrected chi connectivity index (χ0v) is 15.5. The van der Waals surface area contributed by atoms with Crippen molar-refractivity contribution >= 4 is 11.7 Å². The summed E-state index contributed by atoms with van der Waals surface area (Å²) < 4.78 is 10.4. The van der Waals surface area contributed by atoms with Crippen LogP contribution in [0.25, 0.3) is 0 Å². The van der Waals surface area contributed by atoms with Crippen LogP contribution in [0.2, 0.25) is 0 Å². The number of para-hydroxylation sites is 1. The number of nitrogens with zero attached hydrogens (tertiary/aromatic N) is 1. The molecule has 26 heavy (non-hydrogen) atoms. The zero-order valence-electron chi connectivity index (χ0n) is 15.5. The Morgan fingerprint density at radius 1 is 0.923 bits per heavy atom. The molecular formula is C21H25NO4. The van der Waals surface area contributed by atoms with Crippen LogP contribution in [0.1, 0.15) is 28.8 Å². The maximum Gasteiger partial charge on any atom is 0.222 e. The van der Waals surface area contributed by atoms with E-state index in [1.807, 2.05) is 24.3 Å². The number of methoxy groups -OCH3 is 2. The maximum atomic E-state index is 12.3. The van der Waals surface area contributed by atoms with E-state index in [9.17, 15) is 9.59 Å². The number of hydrogen-bond donors (Lipinski definition) is 0. The van der Waals surface area contributed by atoms with Gasteiger partial charge in [0.25, 0.3) is 0 Å². The molecule has 2 rings (SSSR count). The van der Waals surface area contributed by atoms with Crippen LogP contribution in [0.5, 0.6) is 11.5 Å². The monoisotopic (exact) mass is 355 g/mol. The number of ketones is 1. The van der Waals surface area contributed by atoms with Crippen LogP contribution >= 0.6 is 0 Å². The Morgan fingerprint density at radius 3 is 2.27 bits per heavy atom. The van der Waals surface area contributed by atoms with Crippen molar-refractivity contribution < 1.29 is 19.1 Å². The lowest BCUT2D eigenvalue weighted by Crippen LogP contribution is -2.29. The van der Waals surface area contributed by atoms with Gasteiger partial charge < -0.3 is 14.4 Å². The summed E-state index contributed by atoms with van der Waals surface area (Å²) in [5.74, 6) is 1.44. The van der Waals surface area contributed by atoms with Crippen LogP contribution in [0.4, 0.5) is 0 Å². The second kappa shape index (κ2) is 9.61. The van der Waals surface area contributed by atoms with Crippen LogP contribution in [0, 0.1) is 0 Å². The van der Waals surface area contributed by atoms with E-state index >= 15 is 0 Å². The number of carbonyl (C=O) groups excluding carboxylic acids is 2. The SMILES string of the molecule is COc1ccc(C(=O)CCC(=O)N(C)CCc2ccccc2OC)cc1. The number of rotatable bonds is 9. The van der Waals surface area contributed by atoms with E-state index in [4.69, 9.17) is 9.47 Å². The Morgan fingerprint density at radius 2 is 1.62 bits per heavy atom. The Labute approximate surface area is 154 Å². The largest absolute Gasteiger partial charge is 0.497 e. The van der Waals surface area contributed by atoms with Crippen molar-refractivity contribution in [2.24, 2.45) is 0 Å². The second-order valence-electron chi connectivity index (χ2n) is 6.03. The van der Waals surface area contributed by atoms with E-state index in [0.717, 1.165) is 11.3 Å². The maximum absolute atomic E-state index is 12.3. The Balaban J connectivity index is 1.81. The fourth-order valence-corrected chi connectivity index (χ4v) is 2.65. The second-order valence-corrected chi connectivity index (χ2v) is 6.03. The number of likely N-dealkylation sites (N-methyl/N-ethyl adjacent to an activating group) is 1. The highest BCUT2D eigenvalue weighted by Crippen LogP contribution is 2.18. The molecule has 2 aromatic rings. The molecule has 0 N–H and O–H groups in total. The van der Waals surface area contributed by atoms with Crippen molar-refractivity contribution in [3.63, 3.8) is 0 Å². The topological polar surface area (TPSA) is 55.8 Å². The molecular weight excluding hydrogens is 330 g/mol. The van der Waals surface area contributed by atoms with Gasteiger partial charge in [0.05, 0.1) is 14.2 Å². The lowest BCUT2D eigenvalue weighted by molar-refractivity contribution is -0.129. The van der Waals surface area contributed by atoms with E-state index in [1.165, 1.54) is 0 Å². The van der Waals surface area contributed by atoms with Gasteiger partial charge in [-0.1, -0.05) is 18.2 Å². The normalized spacial score (nSPS) is 10.3. The standard InChI is InChI=1S/C21H25NO4/c1-22(15-14-17-6-4-5-7-20(17)26-3)21(24)13-12-19(23)16-8-10-18(25-2)11-9-16/h4-11H,12-15H2,1-3H3. The van der Waals surface area contributed by atoms with Gasteiger partial charge in [-0.05, 0) is 42.3 Å². The molecule has 0 unspecified atom stereocenters. The molecule has 5 nitrogen and oxygen atoms in total. The molecule has 0 saturated heterocycles. The third-order valence-corrected chi connectivity index (χ3v) is 4.31. The van der Waals surface area contributed by atoms with E-state index in [1.54, 1.807) is 50.4 Å². The average molecular weight is 355 g/mol. The van der Waals surface area contributed by atoms with Crippen molar-refractivity contribution in [2.75, 3.05) is 27.8 Å². The molecule has 2 aromatic carbocycles. The molecule has 0 aliphatic carbocycles. The summed E-state index contributed by atoms with van der Waals surface area (Å²) in [7, 11) is 4.98. The summed E-state index contributed by atoms with van der Waals surface area (Å²) >= 11 is 0. The smallest absolute Gasteiger partial charge is 0.222 e. The predicted octanol–water partition coefficient (Wildman–Crippen LogP) is 3.37. The molecule has 0 radical (unpaired) electrons. The molecule has 0 heterocycles. The first-order valence-corrected chi connectivity index (χ1v) is 8.58. The molecule has 0 aliphatic rings. The third-order valence-electron chi connectivity index (χ3n) is 4.31. The fraction of sp³-hybridized carbons (Fsp3) is 0.333. The summed E-state index contributed by atoms with van der Waals surface area (Å²) in [6, 6.07) is 14.7. The summed E-state index contributed by atoms with van der Waals surface area (Å²) in [6.07, 6.45) is 1.11. The quantitative estimate of drug-likeness (QED) is 0.647. The number of Topliss-reactive ketones (excluding diaryl/α,β-unsaturated/α-hetero) is 1. The third kappa shape index (κ3) is 5.34. The number of hydrogen-bond acceptors (Lipinski definition) is 4. The molecule has 0 fully saturated rings. The molecule has 0 atom stereocenters. The Kier molecular flexibility index (Phi) is 7.21. The van der Waals surface area contributed by atoms with Gasteiger partial charge >= 0.3 is 0 Å². The highest BCUT2D eigenvalue weighted by molar-refractivity contribution is 5.98. The molecule has 138 valence electrons. The number of benzene rings is 2. The van der Waals surface area contributed by atoms with Gasteiger partial charge in [0, 0.05) is 32.0 Å². The summed E-state index contributed by atoms with van der Waals surface area (Å²) in [5, 5.41) is 0. The zero-order chi connectivity index (χ0) is 18.9. The van der Waals surface area contributed by atoms with Crippen LogP contribution in [0.3, 0.4) is 0 Å². The lowest BCUT2D eigenvalue weighted by Gasteiger charge is -2.18. The Hall–Kier alpha value is -2.82. The number of amides is 1. The minimum Gasteiger partial charge on any atom is -0.497 e. The molecule has 0 aliphatic heterocycles. The fourth-order valence-electron chi connectivity index (χ4n) is 2.65. The van der Waals surface area contributed by atoms with Gasteiger partial charge in [-0.2, -0.15) is 0 Å². The molecule has 0 spiro atoms. The minimum atomic E-state index is -0.0425. The molecule has 1 amide bonds. The first kappa shape index (κ1) is 19.5. The predicted molar refractivity (Wildman–Crippen MR) is 101 cm³/mol. The number of ether oxygens (including phenoxy) is 2. The summed E-state index contributed by atoms with van der Waals surface area (Å²) in [4.78, 5) is 26.1. The van der Waals surface area contributed by atoms with Gasteiger partial charge in [-0.15, -0.1) is 0 Å². The van der Waals surface area contributed by atoms with Crippen molar-refractivity contribution in [3.05, 3.63) is 59.7 Å². The van der Waals surface area contributed by atoms with Gasteiger partial charge in [0.2, 0.25) is 5.91 Å². The molecule has 0 bridgehead atoms. The average Bonchev–Trinajstić information content (AvgIpc) is 2.70. The van der Waals surface area contributed by atoms with Crippen molar-refractivity contribution in [3.8, 4) is 11.5 Å². The lowest BCUT2D eigenvalue weighted by atomic mass is 10.1. The highest BCUT2D eigenvalue weighted by atomic mass is 16.5. The van der Waals surface area contributed by atoms with Crippen molar-refractivity contribution in [1.82, 2.24) is 4.90 Å². The van der Waals surface area contributed by atoms with E-state index < -0.39 is 0 Å². The van der Waals surface area contributed by atoms with Crippen LogP contribution in [-0.4, -0.2) is 44.4 Å². The molecule has 0 saturated carbocycles. The van der Waals surface area contributed by atoms with E-state index in [0.29, 0.717) is 24.3 Å². The van der Waals surface area contributed by atoms with E-state index in [-0.39, 0.29) is 24.5 Å². The first-order valence-electron chi connectivity index (χ1n) is 8.58. The summed E-state index contributed by atoms with van der Waals surface area (Å²) in [6.45, 7) is 0.579. The van der Waals surface area contributed by atoms with Gasteiger partial charge in [-0.25, -0.2) is 0 Å². The van der Waals surface area contributed by atoms with Crippen LogP contribution < -0.4 is 9.47 Å². The molecule has 5 heteroatoms. The van der Waals surface area contributed by atoms with Crippen molar-refractivity contribution in [2.45, 2.75) is 19.3 Å². The number of carbonyl (C=O) groups is 2. The van der Waals surface area contributed by atoms with Crippen molar-refractivity contribution in [1.29, 1.82) is 0 Å².